The smallest absolute Gasteiger partial charge is 0.323 e. The van der Waals surface area contributed by atoms with Gasteiger partial charge in [-0.1, -0.05) is 18.9 Å². The molecular weight excluding hydrogens is 256 g/mol. The van der Waals surface area contributed by atoms with E-state index in [0.29, 0.717) is 0 Å². The van der Waals surface area contributed by atoms with Crippen LogP contribution in [-0.4, -0.2) is 39.5 Å². The van der Waals surface area contributed by atoms with Crippen molar-refractivity contribution in [3.8, 4) is 0 Å². The highest BCUT2D eigenvalue weighted by Gasteiger charge is 2.28. The number of aryl methyl sites for hydroxylation is 1. The second kappa shape index (κ2) is 6.50. The topological polar surface area (TPSA) is 70.5 Å². The van der Waals surface area contributed by atoms with Gasteiger partial charge in [0.15, 0.2) is 0 Å². The number of carbonyl (C=O) groups is 2. The van der Waals surface area contributed by atoms with Gasteiger partial charge in [0.25, 0.3) is 0 Å². The monoisotopic (exact) mass is 276 g/mol. The third-order valence-corrected chi connectivity index (χ3v) is 3.83. The Morgan fingerprint density at radius 2 is 2.10 bits per heavy atom. The molecule has 0 unspecified atom stereocenters. The Morgan fingerprint density at radius 3 is 2.70 bits per heavy atom. The summed E-state index contributed by atoms with van der Waals surface area (Å²) in [5.74, 6) is -1.09. The lowest BCUT2D eigenvalue weighted by atomic mass is 10.1. The quantitative estimate of drug-likeness (QED) is 0.890. The fourth-order valence-electron chi connectivity index (χ4n) is 2.73. The van der Waals surface area contributed by atoms with E-state index in [-0.39, 0.29) is 24.9 Å². The van der Waals surface area contributed by atoms with Gasteiger partial charge in [-0.05, 0) is 31.4 Å². The first-order valence-corrected chi connectivity index (χ1v) is 6.99. The molecule has 0 aliphatic heterocycles. The molecular formula is C15H20N2O3. The number of pyridine rings is 1. The number of amides is 1. The minimum atomic E-state index is -0.956. The first-order valence-electron chi connectivity index (χ1n) is 6.99. The van der Waals surface area contributed by atoms with Crippen LogP contribution in [0.5, 0.6) is 0 Å². The van der Waals surface area contributed by atoms with Crippen LogP contribution >= 0.6 is 0 Å². The minimum Gasteiger partial charge on any atom is -0.480 e. The lowest BCUT2D eigenvalue weighted by Gasteiger charge is -2.27. The number of hydrogen-bond donors (Lipinski definition) is 1. The van der Waals surface area contributed by atoms with Crippen molar-refractivity contribution < 1.29 is 14.7 Å². The van der Waals surface area contributed by atoms with Gasteiger partial charge in [0.05, 0.1) is 12.1 Å². The summed E-state index contributed by atoms with van der Waals surface area (Å²) < 4.78 is 0. The number of rotatable bonds is 5. The molecule has 0 spiro atoms. The second-order valence-corrected chi connectivity index (χ2v) is 5.30. The number of nitrogens with zero attached hydrogens (tertiary/aromatic N) is 2. The zero-order valence-corrected chi connectivity index (χ0v) is 11.7. The highest BCUT2D eigenvalue weighted by Crippen LogP contribution is 2.24. The fourth-order valence-corrected chi connectivity index (χ4v) is 2.73. The normalized spacial score (nSPS) is 15.2. The van der Waals surface area contributed by atoms with Crippen molar-refractivity contribution >= 4 is 11.9 Å². The van der Waals surface area contributed by atoms with Crippen molar-refractivity contribution in [3.63, 3.8) is 0 Å². The molecule has 1 fully saturated rings. The van der Waals surface area contributed by atoms with E-state index in [9.17, 15) is 9.59 Å². The highest BCUT2D eigenvalue weighted by atomic mass is 16.4. The van der Waals surface area contributed by atoms with Crippen LogP contribution in [0, 0.1) is 6.92 Å². The van der Waals surface area contributed by atoms with E-state index in [0.717, 1.165) is 36.9 Å². The number of carboxylic acids is 1. The Labute approximate surface area is 118 Å². The molecule has 2 rings (SSSR count). The summed E-state index contributed by atoms with van der Waals surface area (Å²) in [4.78, 5) is 29.1. The third-order valence-electron chi connectivity index (χ3n) is 3.83. The summed E-state index contributed by atoms with van der Waals surface area (Å²) in [5, 5.41) is 9.00. The molecule has 1 amide bonds. The first-order chi connectivity index (χ1) is 9.58. The van der Waals surface area contributed by atoms with Crippen molar-refractivity contribution in [2.75, 3.05) is 6.54 Å². The van der Waals surface area contributed by atoms with Crippen LogP contribution in [0.15, 0.2) is 18.3 Å². The van der Waals surface area contributed by atoms with Crippen molar-refractivity contribution in [2.45, 2.75) is 45.1 Å². The Bertz CT molecular complexity index is 496. The Balaban J connectivity index is 2.09. The average molecular weight is 276 g/mol. The van der Waals surface area contributed by atoms with E-state index in [1.807, 2.05) is 19.1 Å². The number of aromatic nitrogens is 1. The molecule has 5 nitrogen and oxygen atoms in total. The molecule has 1 aromatic rings. The predicted octanol–water partition coefficient (Wildman–Crippen LogP) is 1.79. The van der Waals surface area contributed by atoms with E-state index < -0.39 is 5.97 Å². The molecule has 1 N–H and O–H groups in total. The zero-order valence-electron chi connectivity index (χ0n) is 11.7. The summed E-state index contributed by atoms with van der Waals surface area (Å²) >= 11 is 0. The largest absolute Gasteiger partial charge is 0.480 e. The van der Waals surface area contributed by atoms with Gasteiger partial charge >= 0.3 is 5.97 Å². The summed E-state index contributed by atoms with van der Waals surface area (Å²) in [5.41, 5.74) is 1.69. The summed E-state index contributed by atoms with van der Waals surface area (Å²) in [6.07, 6.45) is 5.77. The Kier molecular flexibility index (Phi) is 4.71. The molecule has 0 bridgehead atoms. The molecule has 20 heavy (non-hydrogen) atoms. The van der Waals surface area contributed by atoms with Gasteiger partial charge in [-0.2, -0.15) is 0 Å². The maximum Gasteiger partial charge on any atom is 0.323 e. The van der Waals surface area contributed by atoms with E-state index in [1.54, 1.807) is 6.20 Å². The van der Waals surface area contributed by atoms with Gasteiger partial charge in [0.1, 0.15) is 6.54 Å². The summed E-state index contributed by atoms with van der Waals surface area (Å²) in [7, 11) is 0. The molecule has 1 aromatic heterocycles. The van der Waals surface area contributed by atoms with Crippen LogP contribution in [0.2, 0.25) is 0 Å². The van der Waals surface area contributed by atoms with Crippen molar-refractivity contribution in [3.05, 3.63) is 29.6 Å². The van der Waals surface area contributed by atoms with Gasteiger partial charge in [-0.25, -0.2) is 0 Å². The molecule has 1 heterocycles. The fraction of sp³-hybridized carbons (Fsp3) is 0.533. The molecule has 1 aliphatic carbocycles. The van der Waals surface area contributed by atoms with E-state index in [4.69, 9.17) is 5.11 Å². The molecule has 1 aliphatic rings. The van der Waals surface area contributed by atoms with Crippen molar-refractivity contribution in [1.29, 1.82) is 0 Å². The second-order valence-electron chi connectivity index (χ2n) is 5.30. The predicted molar refractivity (Wildman–Crippen MR) is 74.3 cm³/mol. The number of aliphatic carboxylic acids is 1. The molecule has 108 valence electrons. The standard InChI is InChI=1S/C15H20N2O3/c1-11-5-4-8-16-13(11)9-14(18)17(10-15(19)20)12-6-2-3-7-12/h4-5,8,12H,2-3,6-7,9-10H2,1H3,(H,19,20). The molecule has 0 saturated heterocycles. The number of carboxylic acid groups (broad SMARTS) is 1. The highest BCUT2D eigenvalue weighted by molar-refractivity contribution is 5.83. The van der Waals surface area contributed by atoms with Gasteiger partial charge in [-0.15, -0.1) is 0 Å². The average Bonchev–Trinajstić information content (AvgIpc) is 2.92. The van der Waals surface area contributed by atoms with Crippen LogP contribution < -0.4 is 0 Å². The van der Waals surface area contributed by atoms with E-state index >= 15 is 0 Å². The SMILES string of the molecule is Cc1cccnc1CC(=O)N(CC(=O)O)C1CCCC1. The molecule has 1 saturated carbocycles. The molecule has 5 heteroatoms. The van der Waals surface area contributed by atoms with Crippen LogP contribution in [0.3, 0.4) is 0 Å². The number of carbonyl (C=O) groups excluding carboxylic acids is 1. The van der Waals surface area contributed by atoms with Crippen LogP contribution in [0.4, 0.5) is 0 Å². The van der Waals surface area contributed by atoms with Crippen LogP contribution in [0.1, 0.15) is 36.9 Å². The Hall–Kier alpha value is -1.91. The van der Waals surface area contributed by atoms with Crippen molar-refractivity contribution in [2.24, 2.45) is 0 Å². The third kappa shape index (κ3) is 3.56. The van der Waals surface area contributed by atoms with Gasteiger partial charge in [0.2, 0.25) is 5.91 Å². The molecule has 0 atom stereocenters. The van der Waals surface area contributed by atoms with Crippen LogP contribution in [0.25, 0.3) is 0 Å². The maximum absolute atomic E-state index is 12.4. The first kappa shape index (κ1) is 14.5. The van der Waals surface area contributed by atoms with Gasteiger partial charge in [-0.3, -0.25) is 14.6 Å². The molecule has 0 aromatic carbocycles. The van der Waals surface area contributed by atoms with Gasteiger partial charge < -0.3 is 10.0 Å². The van der Waals surface area contributed by atoms with E-state index in [2.05, 4.69) is 4.98 Å². The zero-order chi connectivity index (χ0) is 14.5. The maximum atomic E-state index is 12.4. The minimum absolute atomic E-state index is 0.0719. The summed E-state index contributed by atoms with van der Waals surface area (Å²) in [6.45, 7) is 1.70. The summed E-state index contributed by atoms with van der Waals surface area (Å²) in [6, 6.07) is 3.81. The van der Waals surface area contributed by atoms with E-state index in [1.165, 1.54) is 4.90 Å². The lowest BCUT2D eigenvalue weighted by Crippen LogP contribution is -2.43. The van der Waals surface area contributed by atoms with Gasteiger partial charge in [0, 0.05) is 12.2 Å². The van der Waals surface area contributed by atoms with Crippen LogP contribution in [-0.2, 0) is 16.0 Å². The van der Waals surface area contributed by atoms with Crippen molar-refractivity contribution in [1.82, 2.24) is 9.88 Å². The molecule has 0 radical (unpaired) electrons. The number of hydrogen-bond acceptors (Lipinski definition) is 3. The Morgan fingerprint density at radius 1 is 1.40 bits per heavy atom. The lowest BCUT2D eigenvalue weighted by molar-refractivity contribution is -0.145.